The van der Waals surface area contributed by atoms with Crippen molar-refractivity contribution in [3.63, 3.8) is 0 Å². The summed E-state index contributed by atoms with van der Waals surface area (Å²) in [6, 6.07) is 14.4. The topological polar surface area (TPSA) is 38.0 Å². The zero-order chi connectivity index (χ0) is 12.3. The number of aryl methyl sites for hydroxylation is 1. The summed E-state index contributed by atoms with van der Waals surface area (Å²) >= 11 is 2.29. The molecule has 0 saturated carbocycles. The normalized spacial score (nSPS) is 10.2. The summed E-state index contributed by atoms with van der Waals surface area (Å²) in [5, 5.41) is 3.42. The molecule has 0 saturated heterocycles. The minimum Gasteiger partial charge on any atom is -0.399 e. The summed E-state index contributed by atoms with van der Waals surface area (Å²) in [6.45, 7) is 2.94. The van der Waals surface area contributed by atoms with E-state index in [1.165, 1.54) is 11.1 Å². The molecule has 0 aliphatic carbocycles. The van der Waals surface area contributed by atoms with E-state index in [1.54, 1.807) is 0 Å². The van der Waals surface area contributed by atoms with Crippen LogP contribution in [0.1, 0.15) is 11.1 Å². The number of benzene rings is 2. The molecule has 0 aliphatic rings. The molecule has 0 aromatic heterocycles. The highest BCUT2D eigenvalue weighted by Crippen LogP contribution is 2.21. The van der Waals surface area contributed by atoms with E-state index < -0.39 is 0 Å². The maximum absolute atomic E-state index is 5.72. The summed E-state index contributed by atoms with van der Waals surface area (Å²) in [7, 11) is 0. The molecular formula is C14H15IN2. The van der Waals surface area contributed by atoms with Crippen LogP contribution in [0.5, 0.6) is 0 Å². The lowest BCUT2D eigenvalue weighted by atomic mass is 10.1. The van der Waals surface area contributed by atoms with Gasteiger partial charge in [-0.25, -0.2) is 0 Å². The van der Waals surface area contributed by atoms with Crippen molar-refractivity contribution in [2.45, 2.75) is 13.5 Å². The third-order valence-corrected chi connectivity index (χ3v) is 3.45. The molecule has 0 bridgehead atoms. The number of anilines is 2. The molecule has 0 spiro atoms. The van der Waals surface area contributed by atoms with Crippen LogP contribution in [0.2, 0.25) is 0 Å². The van der Waals surface area contributed by atoms with E-state index in [4.69, 9.17) is 5.73 Å². The van der Waals surface area contributed by atoms with Crippen LogP contribution in [0.25, 0.3) is 0 Å². The van der Waals surface area contributed by atoms with Crippen LogP contribution < -0.4 is 11.1 Å². The van der Waals surface area contributed by atoms with E-state index in [-0.39, 0.29) is 0 Å². The molecule has 3 heteroatoms. The molecular weight excluding hydrogens is 323 g/mol. The van der Waals surface area contributed by atoms with Crippen molar-refractivity contribution < 1.29 is 0 Å². The number of halogens is 1. The number of nitrogen functional groups attached to an aromatic ring is 1. The summed E-state index contributed by atoms with van der Waals surface area (Å²) in [5.41, 5.74) is 10.2. The van der Waals surface area contributed by atoms with Gasteiger partial charge >= 0.3 is 0 Å². The first kappa shape index (κ1) is 12.2. The molecule has 2 aromatic carbocycles. The molecule has 0 aliphatic heterocycles. The molecule has 17 heavy (non-hydrogen) atoms. The Morgan fingerprint density at radius 3 is 2.71 bits per heavy atom. The van der Waals surface area contributed by atoms with Crippen molar-refractivity contribution in [2.24, 2.45) is 0 Å². The fraction of sp³-hybridized carbons (Fsp3) is 0.143. The third-order valence-electron chi connectivity index (χ3n) is 2.56. The highest BCUT2D eigenvalue weighted by molar-refractivity contribution is 14.1. The zero-order valence-corrected chi connectivity index (χ0v) is 11.9. The summed E-state index contributed by atoms with van der Waals surface area (Å²) < 4.78 is 1.15. The van der Waals surface area contributed by atoms with Crippen LogP contribution in [0, 0.1) is 10.5 Å². The monoisotopic (exact) mass is 338 g/mol. The van der Waals surface area contributed by atoms with Crippen molar-refractivity contribution in [3.8, 4) is 0 Å². The van der Waals surface area contributed by atoms with Gasteiger partial charge in [0.15, 0.2) is 0 Å². The van der Waals surface area contributed by atoms with Gasteiger partial charge in [-0.3, -0.25) is 0 Å². The minimum atomic E-state index is 0.801. The predicted molar refractivity (Wildman–Crippen MR) is 82.1 cm³/mol. The molecule has 2 aromatic rings. The van der Waals surface area contributed by atoms with Gasteiger partial charge in [0.25, 0.3) is 0 Å². The average molecular weight is 338 g/mol. The highest BCUT2D eigenvalue weighted by atomic mass is 127. The lowest BCUT2D eigenvalue weighted by Gasteiger charge is -2.09. The lowest BCUT2D eigenvalue weighted by Crippen LogP contribution is -2.01. The second-order valence-electron chi connectivity index (χ2n) is 4.08. The fourth-order valence-electron chi connectivity index (χ4n) is 1.69. The predicted octanol–water partition coefficient (Wildman–Crippen LogP) is 3.79. The van der Waals surface area contributed by atoms with E-state index >= 15 is 0 Å². The van der Waals surface area contributed by atoms with Gasteiger partial charge in [0.2, 0.25) is 0 Å². The van der Waals surface area contributed by atoms with Gasteiger partial charge in [0, 0.05) is 21.5 Å². The number of rotatable bonds is 3. The zero-order valence-electron chi connectivity index (χ0n) is 9.70. The Balaban J connectivity index is 2.07. The smallest absolute Gasteiger partial charge is 0.0480 e. The Labute approximate surface area is 115 Å². The lowest BCUT2D eigenvalue weighted by molar-refractivity contribution is 1.14. The van der Waals surface area contributed by atoms with Crippen molar-refractivity contribution in [1.82, 2.24) is 0 Å². The number of hydrogen-bond acceptors (Lipinski definition) is 2. The van der Waals surface area contributed by atoms with Gasteiger partial charge < -0.3 is 11.1 Å². The second-order valence-corrected chi connectivity index (χ2v) is 5.24. The van der Waals surface area contributed by atoms with Gasteiger partial charge in [-0.1, -0.05) is 29.8 Å². The first-order chi connectivity index (χ1) is 8.15. The molecule has 0 fully saturated rings. The maximum Gasteiger partial charge on any atom is 0.0480 e. The Hall–Kier alpha value is -1.23. The molecule has 3 N–H and O–H groups in total. The Bertz CT molecular complexity index is 523. The Morgan fingerprint density at radius 1 is 1.18 bits per heavy atom. The SMILES string of the molecule is Cc1cccc(CNc2ccc(N)cc2I)c1. The third kappa shape index (κ3) is 3.36. The molecule has 0 unspecified atom stereocenters. The summed E-state index contributed by atoms with van der Waals surface area (Å²) in [6.07, 6.45) is 0. The van der Waals surface area contributed by atoms with E-state index in [2.05, 4.69) is 59.1 Å². The van der Waals surface area contributed by atoms with Crippen LogP contribution in [-0.4, -0.2) is 0 Å². The standard InChI is InChI=1S/C14H15IN2/c1-10-3-2-4-11(7-10)9-17-14-6-5-12(16)8-13(14)15/h2-8,17H,9,16H2,1H3. The van der Waals surface area contributed by atoms with Crippen LogP contribution in [-0.2, 0) is 6.54 Å². The minimum absolute atomic E-state index is 0.801. The number of nitrogens with one attached hydrogen (secondary N) is 1. The van der Waals surface area contributed by atoms with Gasteiger partial charge in [0.1, 0.15) is 0 Å². The first-order valence-electron chi connectivity index (χ1n) is 5.49. The van der Waals surface area contributed by atoms with E-state index in [9.17, 15) is 0 Å². The van der Waals surface area contributed by atoms with Crippen LogP contribution >= 0.6 is 22.6 Å². The van der Waals surface area contributed by atoms with Crippen molar-refractivity contribution >= 4 is 34.0 Å². The number of hydrogen-bond donors (Lipinski definition) is 2. The Morgan fingerprint density at radius 2 is 2.00 bits per heavy atom. The Kier molecular flexibility index (Phi) is 3.89. The van der Waals surface area contributed by atoms with Gasteiger partial charge in [-0.2, -0.15) is 0 Å². The molecule has 0 amide bonds. The van der Waals surface area contributed by atoms with Crippen molar-refractivity contribution in [1.29, 1.82) is 0 Å². The van der Waals surface area contributed by atoms with E-state index in [1.807, 2.05) is 18.2 Å². The highest BCUT2D eigenvalue weighted by Gasteiger charge is 2.00. The van der Waals surface area contributed by atoms with E-state index in [0.29, 0.717) is 0 Å². The maximum atomic E-state index is 5.72. The molecule has 88 valence electrons. The van der Waals surface area contributed by atoms with Crippen LogP contribution in [0.15, 0.2) is 42.5 Å². The molecule has 0 radical (unpaired) electrons. The van der Waals surface area contributed by atoms with Crippen molar-refractivity contribution in [2.75, 3.05) is 11.1 Å². The molecule has 0 heterocycles. The van der Waals surface area contributed by atoms with Gasteiger partial charge in [-0.05, 0) is 53.3 Å². The van der Waals surface area contributed by atoms with Crippen molar-refractivity contribution in [3.05, 3.63) is 57.2 Å². The average Bonchev–Trinajstić information content (AvgIpc) is 2.28. The number of nitrogens with two attached hydrogens (primary N) is 1. The summed E-state index contributed by atoms with van der Waals surface area (Å²) in [5.74, 6) is 0. The second kappa shape index (κ2) is 5.40. The fourth-order valence-corrected chi connectivity index (χ4v) is 2.42. The molecule has 0 atom stereocenters. The van der Waals surface area contributed by atoms with Crippen LogP contribution in [0.4, 0.5) is 11.4 Å². The van der Waals surface area contributed by atoms with Gasteiger partial charge in [0.05, 0.1) is 0 Å². The quantitative estimate of drug-likeness (QED) is 0.660. The summed E-state index contributed by atoms with van der Waals surface area (Å²) in [4.78, 5) is 0. The first-order valence-corrected chi connectivity index (χ1v) is 6.57. The van der Waals surface area contributed by atoms with E-state index in [0.717, 1.165) is 21.5 Å². The molecule has 2 rings (SSSR count). The largest absolute Gasteiger partial charge is 0.399 e. The molecule has 2 nitrogen and oxygen atoms in total. The van der Waals surface area contributed by atoms with Gasteiger partial charge in [-0.15, -0.1) is 0 Å². The van der Waals surface area contributed by atoms with Crippen LogP contribution in [0.3, 0.4) is 0 Å².